The molecule has 2 aromatic carbocycles. The summed E-state index contributed by atoms with van der Waals surface area (Å²) in [7, 11) is 0.279. The molecule has 0 aromatic heterocycles. The summed E-state index contributed by atoms with van der Waals surface area (Å²) >= 11 is 0. The van der Waals surface area contributed by atoms with Gasteiger partial charge in [-0.25, -0.2) is 0 Å². The Hall–Kier alpha value is -1.66. The Kier molecular flexibility index (Phi) is 4.11. The molecule has 0 radical (unpaired) electrons. The van der Waals surface area contributed by atoms with Crippen LogP contribution in [-0.2, 0) is 10.7 Å². The summed E-state index contributed by atoms with van der Waals surface area (Å²) in [6.45, 7) is 2.02. The minimum Gasteiger partial charge on any atom is -0.497 e. The molecule has 0 aliphatic heterocycles. The van der Waals surface area contributed by atoms with E-state index in [0.717, 1.165) is 22.2 Å². The van der Waals surface area contributed by atoms with Crippen molar-refractivity contribution in [1.82, 2.24) is 0 Å². The van der Waals surface area contributed by atoms with Crippen LogP contribution in [0, 0.1) is 6.92 Å². The fraction of sp³-hybridized carbons (Fsp3) is 0.200. The van der Waals surface area contributed by atoms with Crippen LogP contribution in [0.5, 0.6) is 5.75 Å². The molecule has 0 aliphatic carbocycles. The Bertz CT molecular complexity index is 550. The molecule has 0 heterocycles. The number of methoxy groups -OCH3 is 1. The number of benzene rings is 2. The molecule has 0 bridgehead atoms. The number of hydrogen-bond donors (Lipinski definition) is 0. The lowest BCUT2D eigenvalue weighted by atomic mass is 10.1. The van der Waals surface area contributed by atoms with E-state index in [4.69, 9.17) is 4.74 Å². The molecule has 2 aromatic rings. The van der Waals surface area contributed by atoms with Crippen molar-refractivity contribution >= 4 is 13.1 Å². The molecule has 3 heteroatoms. The first-order valence-electron chi connectivity index (χ1n) is 5.84. The zero-order valence-electron chi connectivity index (χ0n) is 10.6. The first-order valence-corrected chi connectivity index (χ1v) is 7.28. The van der Waals surface area contributed by atoms with Crippen LogP contribution >= 0.6 is 7.80 Å². The molecule has 0 spiro atoms. The van der Waals surface area contributed by atoms with E-state index in [1.165, 1.54) is 0 Å². The first kappa shape index (κ1) is 12.8. The maximum Gasteiger partial charge on any atom is 0.381 e. The van der Waals surface area contributed by atoms with Gasteiger partial charge in [0.2, 0.25) is 0 Å². The van der Waals surface area contributed by atoms with Gasteiger partial charge in [0, 0.05) is 5.56 Å². The lowest BCUT2D eigenvalue weighted by Gasteiger charge is -2.03. The third-order valence-corrected chi connectivity index (χ3v) is 4.41. The molecular weight excluding hydrogens is 243 g/mol. The van der Waals surface area contributed by atoms with Gasteiger partial charge in [-0.05, 0) is 36.8 Å². The van der Waals surface area contributed by atoms with Crippen molar-refractivity contribution in [3.63, 3.8) is 0 Å². The maximum atomic E-state index is 12.2. The van der Waals surface area contributed by atoms with Gasteiger partial charge in [0.05, 0.1) is 7.11 Å². The van der Waals surface area contributed by atoms with E-state index >= 15 is 0 Å². The highest BCUT2D eigenvalue weighted by atomic mass is 31.1. The highest BCUT2D eigenvalue weighted by molar-refractivity contribution is 7.52. The van der Waals surface area contributed by atoms with Crippen molar-refractivity contribution in [1.29, 1.82) is 0 Å². The average molecular weight is 259 g/mol. The van der Waals surface area contributed by atoms with Crippen molar-refractivity contribution in [2.24, 2.45) is 0 Å². The van der Waals surface area contributed by atoms with E-state index in [1.54, 1.807) is 7.11 Å². The van der Waals surface area contributed by atoms with Gasteiger partial charge in [0.1, 0.15) is 5.75 Å². The van der Waals surface area contributed by atoms with Crippen LogP contribution in [0.25, 0.3) is 0 Å². The molecule has 0 aliphatic rings. The van der Waals surface area contributed by atoms with Gasteiger partial charge in [-0.1, -0.05) is 28.8 Å². The number of aryl methyl sites for hydroxylation is 1. The highest BCUT2D eigenvalue weighted by Gasteiger charge is 2.20. The largest absolute Gasteiger partial charge is 0.497 e. The molecule has 1 atom stereocenters. The SMILES string of the molecule is COc1ccc(C[P+](=O)c2ccccc2)c(C)c1. The zero-order valence-corrected chi connectivity index (χ0v) is 11.5. The van der Waals surface area contributed by atoms with Crippen molar-refractivity contribution in [2.45, 2.75) is 13.1 Å². The summed E-state index contributed by atoms with van der Waals surface area (Å²) in [4.78, 5) is 0. The van der Waals surface area contributed by atoms with Crippen molar-refractivity contribution in [2.75, 3.05) is 7.11 Å². The van der Waals surface area contributed by atoms with Gasteiger partial charge in [-0.15, -0.1) is 0 Å². The second-order valence-electron chi connectivity index (χ2n) is 4.16. The van der Waals surface area contributed by atoms with Crippen LogP contribution in [0.4, 0.5) is 0 Å². The van der Waals surface area contributed by atoms with Crippen LogP contribution in [-0.4, -0.2) is 7.11 Å². The number of hydrogen-bond acceptors (Lipinski definition) is 2. The second-order valence-corrected chi connectivity index (χ2v) is 5.75. The van der Waals surface area contributed by atoms with Crippen LogP contribution in [0.15, 0.2) is 48.5 Å². The van der Waals surface area contributed by atoms with Crippen LogP contribution in [0.1, 0.15) is 11.1 Å². The summed E-state index contributed by atoms with van der Waals surface area (Å²) in [5.74, 6) is 0.839. The minimum atomic E-state index is -1.37. The summed E-state index contributed by atoms with van der Waals surface area (Å²) in [5.41, 5.74) is 2.23. The first-order chi connectivity index (χ1) is 8.70. The molecule has 0 amide bonds. The molecule has 92 valence electrons. The van der Waals surface area contributed by atoms with Crippen LogP contribution in [0.3, 0.4) is 0 Å². The highest BCUT2D eigenvalue weighted by Crippen LogP contribution is 2.29. The van der Waals surface area contributed by atoms with Crippen molar-refractivity contribution < 1.29 is 9.30 Å². The van der Waals surface area contributed by atoms with Gasteiger partial charge in [-0.3, -0.25) is 0 Å². The quantitative estimate of drug-likeness (QED) is 0.783. The standard InChI is InChI=1S/C15H16O2P/c1-12-10-14(17-2)9-8-13(12)11-18(16)15-6-4-3-5-7-15/h3-10H,11H2,1-2H3/q+1. The average Bonchev–Trinajstić information content (AvgIpc) is 2.42. The molecule has 2 rings (SSSR count). The third kappa shape index (κ3) is 2.96. The number of ether oxygens (including phenoxy) is 1. The summed E-state index contributed by atoms with van der Waals surface area (Å²) in [6, 6.07) is 15.5. The maximum absolute atomic E-state index is 12.2. The monoisotopic (exact) mass is 259 g/mol. The minimum absolute atomic E-state index is 0.579. The molecule has 1 unspecified atom stereocenters. The molecule has 0 saturated carbocycles. The van der Waals surface area contributed by atoms with E-state index in [2.05, 4.69) is 0 Å². The predicted octanol–water partition coefficient (Wildman–Crippen LogP) is 3.66. The van der Waals surface area contributed by atoms with Crippen LogP contribution in [0.2, 0.25) is 0 Å². The summed E-state index contributed by atoms with van der Waals surface area (Å²) in [5, 5.41) is 0.905. The Morgan fingerprint density at radius 3 is 2.44 bits per heavy atom. The van der Waals surface area contributed by atoms with Gasteiger partial charge in [0.25, 0.3) is 0 Å². The molecular formula is C15H16O2P+. The van der Waals surface area contributed by atoms with E-state index in [-0.39, 0.29) is 0 Å². The molecule has 0 N–H and O–H groups in total. The van der Waals surface area contributed by atoms with Gasteiger partial charge in [0.15, 0.2) is 11.5 Å². The lowest BCUT2D eigenvalue weighted by Crippen LogP contribution is -1.97. The van der Waals surface area contributed by atoms with Crippen molar-refractivity contribution in [3.05, 3.63) is 59.7 Å². The third-order valence-electron chi connectivity index (χ3n) is 2.91. The molecule has 0 fully saturated rings. The molecule has 2 nitrogen and oxygen atoms in total. The normalized spacial score (nSPS) is 11.1. The predicted molar refractivity (Wildman–Crippen MR) is 75.1 cm³/mol. The second kappa shape index (κ2) is 5.79. The molecule has 0 saturated heterocycles. The summed E-state index contributed by atoms with van der Waals surface area (Å²) < 4.78 is 17.4. The Balaban J connectivity index is 2.17. The lowest BCUT2D eigenvalue weighted by molar-refractivity contribution is 0.414. The Labute approximate surface area is 108 Å². The van der Waals surface area contributed by atoms with E-state index in [1.807, 2.05) is 55.5 Å². The van der Waals surface area contributed by atoms with Gasteiger partial charge in [-0.2, -0.15) is 0 Å². The smallest absolute Gasteiger partial charge is 0.381 e. The van der Waals surface area contributed by atoms with Gasteiger partial charge < -0.3 is 4.74 Å². The van der Waals surface area contributed by atoms with E-state index < -0.39 is 7.80 Å². The number of rotatable bonds is 4. The Morgan fingerprint density at radius 2 is 1.83 bits per heavy atom. The van der Waals surface area contributed by atoms with Crippen molar-refractivity contribution in [3.8, 4) is 5.75 Å². The van der Waals surface area contributed by atoms with Crippen LogP contribution < -0.4 is 10.0 Å². The Morgan fingerprint density at radius 1 is 1.11 bits per heavy atom. The fourth-order valence-corrected chi connectivity index (χ4v) is 3.16. The van der Waals surface area contributed by atoms with E-state index in [0.29, 0.717) is 6.16 Å². The fourth-order valence-electron chi connectivity index (χ4n) is 1.81. The topological polar surface area (TPSA) is 26.3 Å². The van der Waals surface area contributed by atoms with E-state index in [9.17, 15) is 4.57 Å². The summed E-state index contributed by atoms with van der Waals surface area (Å²) in [6.07, 6.45) is 0.579. The molecule has 18 heavy (non-hydrogen) atoms. The van der Waals surface area contributed by atoms with Gasteiger partial charge >= 0.3 is 7.80 Å². The zero-order chi connectivity index (χ0) is 13.0.